The molecule has 0 bridgehead atoms. The smallest absolute Gasteiger partial charge is 0.220 e. The van der Waals surface area contributed by atoms with Crippen LogP contribution >= 0.6 is 0 Å². The van der Waals surface area contributed by atoms with Crippen molar-refractivity contribution in [1.29, 1.82) is 5.26 Å². The van der Waals surface area contributed by atoms with Crippen LogP contribution in [0.25, 0.3) is 0 Å². The van der Waals surface area contributed by atoms with Crippen LogP contribution in [0.2, 0.25) is 0 Å². The molecule has 3 nitrogen and oxygen atoms in total. The van der Waals surface area contributed by atoms with E-state index in [0.29, 0.717) is 17.8 Å². The number of carbonyl (C=O) groups is 1. The van der Waals surface area contributed by atoms with Gasteiger partial charge >= 0.3 is 0 Å². The van der Waals surface area contributed by atoms with E-state index in [4.69, 9.17) is 10.00 Å². The molecule has 0 amide bonds. The number of hydrogen-bond donors (Lipinski definition) is 0. The molecular formula is C30H41NO2. The normalized spacial score (nSPS) is 41.6. The standard InChI is InChI=1S/C29H40O2.CHN/c1-7-31-26-19(3)20-8-9-25-28(5,22(20)17-24(26)30)13-11-21-23-16-18(2)10-12-27(23,4)14-15-29(21,25)6;1-2/h8-9,17-18,21,23H,7,10-16H2,1-6H3;1H. The molecule has 3 heteroatoms. The lowest BCUT2D eigenvalue weighted by Gasteiger charge is -2.64. The van der Waals surface area contributed by atoms with Gasteiger partial charge in [-0.1, -0.05) is 51.8 Å². The number of carbonyl (C=O) groups excluding carboxylic acids is 1. The van der Waals surface area contributed by atoms with Crippen LogP contribution in [0.4, 0.5) is 0 Å². The van der Waals surface area contributed by atoms with E-state index in [0.717, 1.165) is 29.7 Å². The van der Waals surface area contributed by atoms with E-state index in [1.54, 1.807) is 5.57 Å². The van der Waals surface area contributed by atoms with Crippen molar-refractivity contribution >= 4 is 5.78 Å². The molecule has 178 valence electrons. The van der Waals surface area contributed by atoms with Gasteiger partial charge in [-0.05, 0) is 98.2 Å². The van der Waals surface area contributed by atoms with Gasteiger partial charge in [-0.15, -0.1) is 0 Å². The molecule has 0 heterocycles. The van der Waals surface area contributed by atoms with E-state index in [9.17, 15) is 4.79 Å². The van der Waals surface area contributed by atoms with Crippen LogP contribution < -0.4 is 0 Å². The van der Waals surface area contributed by atoms with Crippen molar-refractivity contribution in [3.63, 3.8) is 0 Å². The number of rotatable bonds is 2. The summed E-state index contributed by atoms with van der Waals surface area (Å²) < 4.78 is 5.74. The van der Waals surface area contributed by atoms with Gasteiger partial charge in [-0.2, -0.15) is 0 Å². The Morgan fingerprint density at radius 3 is 2.48 bits per heavy atom. The third kappa shape index (κ3) is 3.39. The number of fused-ring (bicyclic) bond motifs is 7. The first-order valence-corrected chi connectivity index (χ1v) is 12.9. The molecular weight excluding hydrogens is 406 g/mol. The fourth-order valence-corrected chi connectivity index (χ4v) is 8.39. The largest absolute Gasteiger partial charge is 0.489 e. The van der Waals surface area contributed by atoms with Gasteiger partial charge in [0.15, 0.2) is 5.76 Å². The summed E-state index contributed by atoms with van der Waals surface area (Å²) in [7, 11) is 0. The third-order valence-electron chi connectivity index (χ3n) is 10.3. The van der Waals surface area contributed by atoms with Gasteiger partial charge in [0.1, 0.15) is 0 Å². The van der Waals surface area contributed by atoms with Crippen LogP contribution in [0.5, 0.6) is 0 Å². The molecule has 5 aliphatic rings. The lowest BCUT2D eigenvalue weighted by Crippen LogP contribution is -2.55. The van der Waals surface area contributed by atoms with Gasteiger partial charge in [-0.25, -0.2) is 5.26 Å². The molecule has 0 radical (unpaired) electrons. The first kappa shape index (κ1) is 24.1. The molecule has 0 aromatic heterocycles. The lowest BCUT2D eigenvalue weighted by atomic mass is 9.40. The van der Waals surface area contributed by atoms with Gasteiger partial charge in [0.2, 0.25) is 5.78 Å². The highest BCUT2D eigenvalue weighted by atomic mass is 16.5. The van der Waals surface area contributed by atoms with Crippen LogP contribution in [0.15, 0.2) is 46.3 Å². The first-order valence-electron chi connectivity index (χ1n) is 12.9. The fraction of sp³-hybridized carbons (Fsp3) is 0.667. The molecule has 5 rings (SSSR count). The zero-order valence-electron chi connectivity index (χ0n) is 21.5. The van der Waals surface area contributed by atoms with Gasteiger partial charge in [0, 0.05) is 17.6 Å². The highest BCUT2D eigenvalue weighted by Crippen LogP contribution is 2.69. The maximum absolute atomic E-state index is 13.0. The summed E-state index contributed by atoms with van der Waals surface area (Å²) >= 11 is 0. The van der Waals surface area contributed by atoms with E-state index >= 15 is 0 Å². The van der Waals surface area contributed by atoms with E-state index in [1.807, 2.05) is 13.0 Å². The van der Waals surface area contributed by atoms with Crippen LogP contribution in [0.3, 0.4) is 0 Å². The van der Waals surface area contributed by atoms with Crippen molar-refractivity contribution in [2.24, 2.45) is 34.0 Å². The Hall–Kier alpha value is -2.08. The second-order valence-corrected chi connectivity index (χ2v) is 12.0. The Morgan fingerprint density at radius 1 is 1.06 bits per heavy atom. The maximum atomic E-state index is 13.0. The van der Waals surface area contributed by atoms with E-state index < -0.39 is 0 Å². The summed E-state index contributed by atoms with van der Waals surface area (Å²) in [6.45, 7) is 18.1. The molecule has 5 aliphatic carbocycles. The van der Waals surface area contributed by atoms with Crippen molar-refractivity contribution in [2.45, 2.75) is 86.5 Å². The molecule has 0 aliphatic heterocycles. The second-order valence-electron chi connectivity index (χ2n) is 12.0. The zero-order chi connectivity index (χ0) is 24.2. The average Bonchev–Trinajstić information content (AvgIpc) is 2.79. The monoisotopic (exact) mass is 447 g/mol. The lowest BCUT2D eigenvalue weighted by molar-refractivity contribution is -0.114. The minimum absolute atomic E-state index is 0.0297. The predicted molar refractivity (Wildman–Crippen MR) is 133 cm³/mol. The summed E-state index contributed by atoms with van der Waals surface area (Å²) in [5, 5.41) is 6.50. The Morgan fingerprint density at radius 2 is 1.79 bits per heavy atom. The summed E-state index contributed by atoms with van der Waals surface area (Å²) in [6, 6.07) is 0. The van der Waals surface area contributed by atoms with Crippen LogP contribution in [-0.2, 0) is 9.53 Å². The van der Waals surface area contributed by atoms with Crippen molar-refractivity contribution < 1.29 is 9.53 Å². The average molecular weight is 448 g/mol. The highest BCUT2D eigenvalue weighted by molar-refractivity contribution is 6.07. The summed E-state index contributed by atoms with van der Waals surface area (Å²) in [5.41, 5.74) is 5.85. The quantitative estimate of drug-likeness (QED) is 0.441. The molecule has 0 aromatic carbocycles. The van der Waals surface area contributed by atoms with E-state index in [-0.39, 0.29) is 16.6 Å². The molecule has 0 spiro atoms. The Labute approximate surface area is 200 Å². The Balaban J connectivity index is 0.00000126. The summed E-state index contributed by atoms with van der Waals surface area (Å²) in [6.07, 6.45) is 16.0. The fourth-order valence-electron chi connectivity index (χ4n) is 8.39. The van der Waals surface area contributed by atoms with Gasteiger partial charge in [0.05, 0.1) is 6.61 Å². The molecule has 0 saturated heterocycles. The van der Waals surface area contributed by atoms with Crippen LogP contribution in [0.1, 0.15) is 86.5 Å². The molecule has 0 aromatic rings. The predicted octanol–water partition coefficient (Wildman–Crippen LogP) is 7.47. The second kappa shape index (κ2) is 8.30. The number of ketones is 1. The Bertz CT molecular complexity index is 994. The molecule has 6 unspecified atom stereocenters. The SMILES string of the molecule is C#N.CCOC1=C(C)C2=CC=C3C(C)(CCC4C5CC(C)CCC5(C)CCC34C)C2=CC1=O. The Kier molecular flexibility index (Phi) is 6.05. The highest BCUT2D eigenvalue weighted by Gasteiger charge is 2.60. The molecule has 3 saturated carbocycles. The van der Waals surface area contributed by atoms with E-state index in [2.05, 4.69) is 53.3 Å². The van der Waals surface area contributed by atoms with Crippen LogP contribution in [-0.4, -0.2) is 12.4 Å². The molecule has 0 N–H and O–H groups in total. The number of allylic oxidation sites excluding steroid dienone is 7. The molecule has 33 heavy (non-hydrogen) atoms. The third-order valence-corrected chi connectivity index (χ3v) is 10.3. The minimum atomic E-state index is -0.0297. The van der Waals surface area contributed by atoms with Crippen LogP contribution in [0, 0.1) is 45.8 Å². The summed E-state index contributed by atoms with van der Waals surface area (Å²) in [4.78, 5) is 13.0. The summed E-state index contributed by atoms with van der Waals surface area (Å²) in [5.74, 6) is 3.09. The topological polar surface area (TPSA) is 50.1 Å². The van der Waals surface area contributed by atoms with Crippen molar-refractivity contribution in [1.82, 2.24) is 0 Å². The van der Waals surface area contributed by atoms with Crippen molar-refractivity contribution in [3.8, 4) is 6.57 Å². The number of nitriles is 1. The van der Waals surface area contributed by atoms with E-state index in [1.165, 1.54) is 49.7 Å². The maximum Gasteiger partial charge on any atom is 0.220 e. The molecule has 6 atom stereocenters. The van der Waals surface area contributed by atoms with Gasteiger partial charge in [-0.3, -0.25) is 4.79 Å². The van der Waals surface area contributed by atoms with Gasteiger partial charge < -0.3 is 4.74 Å². The van der Waals surface area contributed by atoms with Crippen molar-refractivity contribution in [3.05, 3.63) is 46.3 Å². The number of nitrogens with zero attached hydrogens (tertiary/aromatic N) is 1. The number of hydrogen-bond acceptors (Lipinski definition) is 3. The molecule has 3 fully saturated rings. The van der Waals surface area contributed by atoms with Crippen molar-refractivity contribution in [2.75, 3.05) is 6.61 Å². The minimum Gasteiger partial charge on any atom is -0.489 e. The zero-order valence-corrected chi connectivity index (χ0v) is 21.5. The number of ether oxygens (including phenoxy) is 1. The first-order chi connectivity index (χ1) is 15.6. The van der Waals surface area contributed by atoms with Gasteiger partial charge in [0.25, 0.3) is 0 Å².